The quantitative estimate of drug-likeness (QED) is 0.0272. The number of hydrogen-bond acceptors (Lipinski definition) is 6. The molecule has 1 amide bonds. The van der Waals surface area contributed by atoms with Gasteiger partial charge >= 0.3 is 0 Å². The maximum Gasteiger partial charge on any atom is 0.268 e. The molecule has 0 saturated carbocycles. The first-order valence-corrected chi connectivity index (χ1v) is 39.7. The number of aliphatic hydroxyl groups is 1. The number of allylic oxidation sites excluding steroid dienone is 18. The van der Waals surface area contributed by atoms with Gasteiger partial charge in [-0.15, -0.1) is 0 Å². The van der Waals surface area contributed by atoms with Crippen LogP contribution in [0.1, 0.15) is 348 Å². The van der Waals surface area contributed by atoms with Crippen LogP contribution in [0, 0.1) is 0 Å². The van der Waals surface area contributed by atoms with Crippen molar-refractivity contribution >= 4 is 13.7 Å². The van der Waals surface area contributed by atoms with E-state index in [0.29, 0.717) is 23.9 Å². The van der Waals surface area contributed by atoms with E-state index in [0.717, 1.165) is 103 Å². The van der Waals surface area contributed by atoms with Crippen molar-refractivity contribution in [2.24, 2.45) is 0 Å². The number of carbonyl (C=O) groups excluding carboxylic acids is 1. The fraction of sp³-hybridized carbons (Fsp3) is 0.765. The summed E-state index contributed by atoms with van der Waals surface area (Å²) in [7, 11) is 1.30. The third-order valence-corrected chi connectivity index (χ3v) is 18.0. The smallest absolute Gasteiger partial charge is 0.268 e. The molecule has 0 aromatic carbocycles. The van der Waals surface area contributed by atoms with Gasteiger partial charge in [0.2, 0.25) is 5.91 Å². The lowest BCUT2D eigenvalue weighted by atomic mass is 10.0. The molecule has 3 unspecified atom stereocenters. The Kier molecular flexibility index (Phi) is 68.3. The van der Waals surface area contributed by atoms with Crippen LogP contribution in [0.25, 0.3) is 0 Å². The minimum absolute atomic E-state index is 0.00690. The van der Waals surface area contributed by atoms with Gasteiger partial charge in [-0.2, -0.15) is 0 Å². The van der Waals surface area contributed by atoms with Crippen molar-refractivity contribution < 1.29 is 32.9 Å². The Morgan fingerprint density at radius 2 is 0.678 bits per heavy atom. The summed E-state index contributed by atoms with van der Waals surface area (Å²) in [6.45, 7) is 4.64. The van der Waals surface area contributed by atoms with Crippen LogP contribution in [0.3, 0.4) is 0 Å². The van der Waals surface area contributed by atoms with E-state index in [1.165, 1.54) is 218 Å². The molecule has 0 aliphatic heterocycles. The number of phosphoric ester groups is 1. The molecule has 0 heterocycles. The van der Waals surface area contributed by atoms with Gasteiger partial charge in [0.15, 0.2) is 0 Å². The van der Waals surface area contributed by atoms with Gasteiger partial charge in [-0.05, 0) is 83.5 Å². The monoisotopic (exact) mass is 1280 g/mol. The Morgan fingerprint density at radius 3 is 0.989 bits per heavy atom. The molecule has 0 radical (unpaired) electrons. The zero-order valence-electron chi connectivity index (χ0n) is 59.8. The number of hydrogen-bond donors (Lipinski definition) is 2. The van der Waals surface area contributed by atoms with Gasteiger partial charge in [-0.3, -0.25) is 9.36 Å². The first kappa shape index (κ1) is 87.2. The zero-order chi connectivity index (χ0) is 65.5. The van der Waals surface area contributed by atoms with Crippen molar-refractivity contribution in [1.29, 1.82) is 0 Å². The number of aliphatic hydroxyl groups excluding tert-OH is 1. The van der Waals surface area contributed by atoms with Crippen LogP contribution < -0.4 is 10.2 Å². The molecular weight excluding hydrogens is 1130 g/mol. The molecule has 0 aliphatic carbocycles. The summed E-state index contributed by atoms with van der Waals surface area (Å²) >= 11 is 0. The molecule has 0 rings (SSSR count). The van der Waals surface area contributed by atoms with E-state index in [1.807, 2.05) is 21.1 Å². The highest BCUT2D eigenvalue weighted by molar-refractivity contribution is 7.45. The molecule has 0 aromatic heterocycles. The summed E-state index contributed by atoms with van der Waals surface area (Å²) in [6, 6.07) is -0.814. The molecule has 3 atom stereocenters. The van der Waals surface area contributed by atoms with Crippen LogP contribution in [0.2, 0.25) is 0 Å². The van der Waals surface area contributed by atoms with E-state index < -0.39 is 20.0 Å². The Labute approximate surface area is 559 Å². The molecule has 0 spiro atoms. The van der Waals surface area contributed by atoms with Crippen LogP contribution in [-0.2, 0) is 18.4 Å². The molecule has 0 bridgehead atoms. The predicted molar refractivity (Wildman–Crippen MR) is 394 cm³/mol. The summed E-state index contributed by atoms with van der Waals surface area (Å²) in [5, 5.41) is 14.1. The number of unbranched alkanes of at least 4 members (excludes halogenated alkanes) is 39. The summed E-state index contributed by atoms with van der Waals surface area (Å²) in [6.07, 6.45) is 103. The molecule has 0 aliphatic rings. The number of carbonyl (C=O) groups is 1. The maximum atomic E-state index is 13.1. The highest BCUT2D eigenvalue weighted by atomic mass is 31.2. The van der Waals surface area contributed by atoms with Gasteiger partial charge < -0.3 is 28.8 Å². The average molecular weight is 1280 g/mol. The van der Waals surface area contributed by atoms with Crippen molar-refractivity contribution in [2.75, 3.05) is 40.9 Å². The number of amides is 1. The van der Waals surface area contributed by atoms with Crippen LogP contribution in [-0.4, -0.2) is 68.5 Å². The number of nitrogens with one attached hydrogen (secondary N) is 1. The molecule has 8 nitrogen and oxygen atoms in total. The number of quaternary nitrogens is 1. The average Bonchev–Trinajstić information content (AvgIpc) is 3.18. The lowest BCUT2D eigenvalue weighted by Crippen LogP contribution is -2.46. The number of likely N-dealkylation sites (N-methyl/N-ethyl adjacent to an activating group) is 1. The molecule has 2 N–H and O–H groups in total. The molecule has 0 saturated heterocycles. The lowest BCUT2D eigenvalue weighted by Gasteiger charge is -2.30. The standard InChI is InChI=1S/C81H147N2O6P/c1-6-8-10-12-14-16-18-20-22-24-26-28-30-32-34-36-38-39-40-41-42-43-45-47-49-51-53-55-57-59-61-63-65-67-69-71-73-75-81(85)82-79(78-89-90(86,87)88-77-76-83(3,4)5)80(84)74-72-70-68-66-64-62-60-58-56-54-52-50-48-46-44-37-35-33-31-29-27-25-23-21-19-17-15-13-11-9-7-2/h8,10,14,16,20,22,26,28,32,34,38-39,41-42,45,47,51,53,79-80,84H,6-7,9,11-13,15,17-19,21,23-25,27,29-31,33,35-37,40,43-44,46,48-50,52,54-78H2,1-5H3,(H-,82,85,86,87)/b10-8-,16-14-,22-20-,28-26-,34-32-,39-38-,42-41-,47-45-,53-51-. The van der Waals surface area contributed by atoms with Crippen molar-refractivity contribution in [3.05, 3.63) is 109 Å². The molecule has 90 heavy (non-hydrogen) atoms. The Balaban J connectivity index is 4.05. The number of rotatable bonds is 70. The van der Waals surface area contributed by atoms with E-state index in [-0.39, 0.29) is 19.1 Å². The third kappa shape index (κ3) is 72.6. The minimum Gasteiger partial charge on any atom is -0.756 e. The molecule has 522 valence electrons. The minimum atomic E-state index is -4.59. The topological polar surface area (TPSA) is 108 Å². The SMILES string of the molecule is CC/C=C\C/C=C\C/C=C\C/C=C\C/C=C\C/C=C\C/C=C\C/C=C\C/C=C\CCCCCCCCCCCC(=O)NC(COP(=O)([O-])OCC[N+](C)(C)C)C(O)CCCCCCCCCCCCCCCCCCCCCCCCCCCCCCCCC. The third-order valence-electron chi connectivity index (χ3n) is 17.0. The summed E-state index contributed by atoms with van der Waals surface area (Å²) in [5.74, 6) is -0.170. The summed E-state index contributed by atoms with van der Waals surface area (Å²) < 4.78 is 23.6. The fourth-order valence-electron chi connectivity index (χ4n) is 11.2. The van der Waals surface area contributed by atoms with Crippen LogP contribution in [0.15, 0.2) is 109 Å². The molecule has 0 fully saturated rings. The Hall–Kier alpha value is -2.84. The summed E-state index contributed by atoms with van der Waals surface area (Å²) in [4.78, 5) is 25.7. The van der Waals surface area contributed by atoms with Crippen LogP contribution >= 0.6 is 7.82 Å². The van der Waals surface area contributed by atoms with Gasteiger partial charge in [0.1, 0.15) is 13.2 Å². The number of nitrogens with zero attached hydrogens (tertiary/aromatic N) is 1. The van der Waals surface area contributed by atoms with E-state index in [1.54, 1.807) is 0 Å². The van der Waals surface area contributed by atoms with Gasteiger partial charge in [0.05, 0.1) is 39.9 Å². The normalized spacial score (nSPS) is 14.2. The van der Waals surface area contributed by atoms with Crippen molar-refractivity contribution in [2.45, 2.75) is 360 Å². The largest absolute Gasteiger partial charge is 0.756 e. The fourth-order valence-corrected chi connectivity index (χ4v) is 11.9. The first-order valence-electron chi connectivity index (χ1n) is 38.2. The van der Waals surface area contributed by atoms with E-state index >= 15 is 0 Å². The van der Waals surface area contributed by atoms with E-state index in [2.05, 4.69) is 129 Å². The van der Waals surface area contributed by atoms with Crippen molar-refractivity contribution in [3.8, 4) is 0 Å². The molecular formula is C81H147N2O6P. The number of phosphoric acid groups is 1. The van der Waals surface area contributed by atoms with Crippen molar-refractivity contribution in [3.63, 3.8) is 0 Å². The van der Waals surface area contributed by atoms with Crippen LogP contribution in [0.4, 0.5) is 0 Å². The molecule has 9 heteroatoms. The van der Waals surface area contributed by atoms with E-state index in [4.69, 9.17) is 9.05 Å². The lowest BCUT2D eigenvalue weighted by molar-refractivity contribution is -0.870. The second-order valence-corrected chi connectivity index (χ2v) is 28.4. The van der Waals surface area contributed by atoms with Crippen LogP contribution in [0.5, 0.6) is 0 Å². The Bertz CT molecular complexity index is 1840. The highest BCUT2D eigenvalue weighted by Crippen LogP contribution is 2.38. The molecule has 0 aromatic rings. The Morgan fingerprint density at radius 1 is 0.400 bits per heavy atom. The second kappa shape index (κ2) is 70.5. The van der Waals surface area contributed by atoms with Crippen molar-refractivity contribution in [1.82, 2.24) is 5.32 Å². The predicted octanol–water partition coefficient (Wildman–Crippen LogP) is 24.4. The summed E-state index contributed by atoms with van der Waals surface area (Å²) in [5.41, 5.74) is 0. The van der Waals surface area contributed by atoms with Gasteiger partial charge in [0, 0.05) is 6.42 Å². The first-order chi connectivity index (χ1) is 44.0. The zero-order valence-corrected chi connectivity index (χ0v) is 60.7. The highest BCUT2D eigenvalue weighted by Gasteiger charge is 2.24. The van der Waals surface area contributed by atoms with Gasteiger partial charge in [-0.1, -0.05) is 367 Å². The van der Waals surface area contributed by atoms with E-state index in [9.17, 15) is 19.4 Å². The maximum absolute atomic E-state index is 13.1. The van der Waals surface area contributed by atoms with Gasteiger partial charge in [0.25, 0.3) is 7.82 Å². The van der Waals surface area contributed by atoms with Gasteiger partial charge in [-0.25, -0.2) is 0 Å². The second-order valence-electron chi connectivity index (χ2n) is 27.0.